The molecule has 21 heavy (non-hydrogen) atoms. The van der Waals surface area contributed by atoms with Gasteiger partial charge < -0.3 is 19.7 Å². The highest BCUT2D eigenvalue weighted by Gasteiger charge is 2.52. The number of rotatable bonds is 3. The molecule has 2 amide bonds. The van der Waals surface area contributed by atoms with Gasteiger partial charge in [0.1, 0.15) is 0 Å². The number of likely N-dealkylation sites (tertiary alicyclic amines) is 1. The predicted molar refractivity (Wildman–Crippen MR) is 78.1 cm³/mol. The highest BCUT2D eigenvalue weighted by molar-refractivity contribution is 5.71. The molecule has 0 aromatic carbocycles. The molecule has 2 rings (SSSR count). The number of nitrogens with zero attached hydrogens (tertiary/aromatic N) is 1. The molecule has 1 unspecified atom stereocenters. The number of carbonyl (C=O) groups excluding carboxylic acids is 2. The van der Waals surface area contributed by atoms with Gasteiger partial charge in [0, 0.05) is 6.54 Å². The molecule has 1 saturated heterocycles. The second kappa shape index (κ2) is 7.00. The third-order valence-corrected chi connectivity index (χ3v) is 4.60. The van der Waals surface area contributed by atoms with Crippen LogP contribution >= 0.6 is 0 Å². The quantitative estimate of drug-likeness (QED) is 0.869. The van der Waals surface area contributed by atoms with E-state index in [-0.39, 0.29) is 17.7 Å². The van der Waals surface area contributed by atoms with Crippen molar-refractivity contribution in [2.24, 2.45) is 0 Å². The third-order valence-electron chi connectivity index (χ3n) is 4.60. The highest BCUT2D eigenvalue weighted by Crippen LogP contribution is 2.42. The first-order chi connectivity index (χ1) is 10.1. The van der Waals surface area contributed by atoms with E-state index in [1.54, 1.807) is 6.92 Å². The standard InChI is InChI=1S/C15H26N2O4/c1-3-20-13(18)16-12-8-11-17(14(19)21-4-2)15(12)9-6-5-7-10-15/h12H,3-11H2,1-2H3,(H,16,18). The second-order valence-electron chi connectivity index (χ2n) is 5.72. The van der Waals surface area contributed by atoms with E-state index in [1.165, 1.54) is 6.42 Å². The molecule has 6 nitrogen and oxygen atoms in total. The van der Waals surface area contributed by atoms with Crippen LogP contribution in [-0.4, -0.2) is 48.4 Å². The minimum Gasteiger partial charge on any atom is -0.450 e. The molecule has 0 radical (unpaired) electrons. The van der Waals surface area contributed by atoms with Crippen molar-refractivity contribution in [3.8, 4) is 0 Å². The number of amides is 2. The average molecular weight is 298 g/mol. The monoisotopic (exact) mass is 298 g/mol. The van der Waals surface area contributed by atoms with Gasteiger partial charge in [0.05, 0.1) is 24.8 Å². The van der Waals surface area contributed by atoms with Crippen LogP contribution < -0.4 is 5.32 Å². The molecule has 1 heterocycles. The zero-order valence-corrected chi connectivity index (χ0v) is 13.0. The smallest absolute Gasteiger partial charge is 0.410 e. The SMILES string of the molecule is CCOC(=O)NC1CCN(C(=O)OCC)C12CCCCC2. The van der Waals surface area contributed by atoms with Crippen LogP contribution in [0.2, 0.25) is 0 Å². The van der Waals surface area contributed by atoms with Crippen LogP contribution in [0, 0.1) is 0 Å². The van der Waals surface area contributed by atoms with Crippen molar-refractivity contribution in [2.75, 3.05) is 19.8 Å². The summed E-state index contributed by atoms with van der Waals surface area (Å²) in [6.07, 6.45) is 5.30. The Labute approximate surface area is 126 Å². The topological polar surface area (TPSA) is 67.9 Å². The maximum absolute atomic E-state index is 12.2. The molecule has 1 N–H and O–H groups in total. The van der Waals surface area contributed by atoms with Gasteiger partial charge in [-0.25, -0.2) is 9.59 Å². The number of ether oxygens (including phenoxy) is 2. The van der Waals surface area contributed by atoms with Gasteiger partial charge in [-0.3, -0.25) is 0 Å². The van der Waals surface area contributed by atoms with Crippen LogP contribution in [0.4, 0.5) is 9.59 Å². The fourth-order valence-corrected chi connectivity index (χ4v) is 3.72. The van der Waals surface area contributed by atoms with Gasteiger partial charge in [-0.05, 0) is 33.1 Å². The van der Waals surface area contributed by atoms with Gasteiger partial charge in [-0.2, -0.15) is 0 Å². The summed E-state index contributed by atoms with van der Waals surface area (Å²) in [6.45, 7) is 4.97. The van der Waals surface area contributed by atoms with Gasteiger partial charge in [0.15, 0.2) is 0 Å². The first-order valence-electron chi connectivity index (χ1n) is 8.01. The Kier molecular flexibility index (Phi) is 5.31. The maximum Gasteiger partial charge on any atom is 0.410 e. The average Bonchev–Trinajstić information content (AvgIpc) is 2.78. The molecule has 1 aliphatic carbocycles. The minimum atomic E-state index is -0.391. The lowest BCUT2D eigenvalue weighted by Gasteiger charge is -2.44. The third kappa shape index (κ3) is 3.24. The fraction of sp³-hybridized carbons (Fsp3) is 0.867. The summed E-state index contributed by atoms with van der Waals surface area (Å²) < 4.78 is 10.2. The molecule has 0 aromatic heterocycles. The van der Waals surface area contributed by atoms with Crippen LogP contribution in [0.5, 0.6) is 0 Å². The van der Waals surface area contributed by atoms with E-state index < -0.39 is 6.09 Å². The van der Waals surface area contributed by atoms with Crippen LogP contribution in [0.3, 0.4) is 0 Å². The summed E-state index contributed by atoms with van der Waals surface area (Å²) in [4.78, 5) is 25.8. The van der Waals surface area contributed by atoms with E-state index in [0.717, 1.165) is 32.1 Å². The fourth-order valence-electron chi connectivity index (χ4n) is 3.72. The van der Waals surface area contributed by atoms with Gasteiger partial charge in [0.25, 0.3) is 0 Å². The summed E-state index contributed by atoms with van der Waals surface area (Å²) in [6, 6.07) is -0.0405. The van der Waals surface area contributed by atoms with Crippen molar-refractivity contribution in [1.29, 1.82) is 0 Å². The van der Waals surface area contributed by atoms with Crippen molar-refractivity contribution in [3.05, 3.63) is 0 Å². The van der Waals surface area contributed by atoms with E-state index in [1.807, 2.05) is 11.8 Å². The van der Waals surface area contributed by atoms with Crippen molar-refractivity contribution < 1.29 is 19.1 Å². The Hall–Kier alpha value is -1.46. The zero-order chi connectivity index (χ0) is 15.3. The first-order valence-corrected chi connectivity index (χ1v) is 8.01. The molecule has 1 aliphatic heterocycles. The molecule has 6 heteroatoms. The van der Waals surface area contributed by atoms with Crippen molar-refractivity contribution in [2.45, 2.75) is 64.0 Å². The summed E-state index contributed by atoms with van der Waals surface area (Å²) in [5.41, 5.74) is -0.294. The Morgan fingerprint density at radius 2 is 1.81 bits per heavy atom. The second-order valence-corrected chi connectivity index (χ2v) is 5.72. The molecule has 1 saturated carbocycles. The van der Waals surface area contributed by atoms with Crippen molar-refractivity contribution in [1.82, 2.24) is 10.2 Å². The molecule has 2 aliphatic rings. The largest absolute Gasteiger partial charge is 0.450 e. The van der Waals surface area contributed by atoms with Crippen molar-refractivity contribution in [3.63, 3.8) is 0 Å². The Morgan fingerprint density at radius 1 is 1.14 bits per heavy atom. The molecule has 0 bridgehead atoms. The zero-order valence-electron chi connectivity index (χ0n) is 13.0. The molecule has 0 aromatic rings. The Morgan fingerprint density at radius 3 is 2.43 bits per heavy atom. The lowest BCUT2D eigenvalue weighted by Crippen LogP contribution is -2.59. The lowest BCUT2D eigenvalue weighted by molar-refractivity contribution is 0.0443. The van der Waals surface area contributed by atoms with Gasteiger partial charge in [-0.15, -0.1) is 0 Å². The van der Waals surface area contributed by atoms with Crippen LogP contribution in [0.15, 0.2) is 0 Å². The highest BCUT2D eigenvalue weighted by atomic mass is 16.6. The van der Waals surface area contributed by atoms with E-state index >= 15 is 0 Å². The number of hydrogen-bond donors (Lipinski definition) is 1. The summed E-state index contributed by atoms with van der Waals surface area (Å²) in [5, 5.41) is 2.96. The van der Waals surface area contributed by atoms with Gasteiger partial charge in [0.2, 0.25) is 0 Å². The van der Waals surface area contributed by atoms with E-state index in [4.69, 9.17) is 9.47 Å². The van der Waals surface area contributed by atoms with E-state index in [9.17, 15) is 9.59 Å². The molecular formula is C15H26N2O4. The Bertz CT molecular complexity index is 380. The summed E-state index contributed by atoms with van der Waals surface area (Å²) in [5.74, 6) is 0. The molecule has 1 atom stereocenters. The van der Waals surface area contributed by atoms with Crippen LogP contribution in [0.25, 0.3) is 0 Å². The number of nitrogens with one attached hydrogen (secondary N) is 1. The minimum absolute atomic E-state index is 0.0405. The Balaban J connectivity index is 2.13. The van der Waals surface area contributed by atoms with E-state index in [2.05, 4.69) is 5.32 Å². The molecule has 2 fully saturated rings. The summed E-state index contributed by atoms with van der Waals surface area (Å²) >= 11 is 0. The summed E-state index contributed by atoms with van der Waals surface area (Å²) in [7, 11) is 0. The molecule has 1 spiro atoms. The predicted octanol–water partition coefficient (Wildman–Crippen LogP) is 2.67. The molecule has 120 valence electrons. The van der Waals surface area contributed by atoms with Crippen LogP contribution in [0.1, 0.15) is 52.4 Å². The van der Waals surface area contributed by atoms with Gasteiger partial charge in [-0.1, -0.05) is 19.3 Å². The normalized spacial score (nSPS) is 23.9. The number of alkyl carbamates (subject to hydrolysis) is 1. The maximum atomic E-state index is 12.2. The van der Waals surface area contributed by atoms with E-state index in [0.29, 0.717) is 19.8 Å². The van der Waals surface area contributed by atoms with Crippen LogP contribution in [-0.2, 0) is 9.47 Å². The van der Waals surface area contributed by atoms with Gasteiger partial charge >= 0.3 is 12.2 Å². The molecular weight excluding hydrogens is 272 g/mol. The number of hydrogen-bond acceptors (Lipinski definition) is 4. The first kappa shape index (κ1) is 15.9. The number of carbonyl (C=O) groups is 2. The lowest BCUT2D eigenvalue weighted by atomic mass is 9.77. The van der Waals surface area contributed by atoms with Crippen molar-refractivity contribution >= 4 is 12.2 Å².